The molecule has 0 N–H and O–H groups in total. The Morgan fingerprint density at radius 3 is 2.77 bits per heavy atom. The molecule has 2 heterocycles. The molecule has 1 unspecified atom stereocenters. The number of piperidine rings is 1. The van der Waals surface area contributed by atoms with Gasteiger partial charge in [-0.15, -0.1) is 0 Å². The Bertz CT molecular complexity index is 710. The number of nitrogens with zero attached hydrogens (tertiary/aromatic N) is 3. The Morgan fingerprint density at radius 1 is 1.23 bits per heavy atom. The molecule has 1 aliphatic heterocycles. The lowest BCUT2D eigenvalue weighted by molar-refractivity contribution is 0.197. The summed E-state index contributed by atoms with van der Waals surface area (Å²) >= 11 is 6.20. The summed E-state index contributed by atoms with van der Waals surface area (Å²) in [6, 6.07) is 10.8. The third-order valence-corrected chi connectivity index (χ3v) is 5.94. The van der Waals surface area contributed by atoms with Crippen molar-refractivity contribution in [3.05, 3.63) is 47.4 Å². The number of ether oxygens (including phenoxy) is 1. The molecule has 0 spiro atoms. The summed E-state index contributed by atoms with van der Waals surface area (Å²) in [6.45, 7) is 4.31. The molecule has 0 bridgehead atoms. The number of anilines is 1. The minimum atomic E-state index is 0.329. The highest BCUT2D eigenvalue weighted by atomic mass is 35.5. The van der Waals surface area contributed by atoms with Gasteiger partial charge in [-0.2, -0.15) is 0 Å². The monoisotopic (exact) mass is 373 g/mol. The Balaban J connectivity index is 1.69. The van der Waals surface area contributed by atoms with E-state index in [1.165, 1.54) is 44.0 Å². The zero-order valence-corrected chi connectivity index (χ0v) is 16.5. The van der Waals surface area contributed by atoms with Crippen molar-refractivity contribution >= 4 is 17.4 Å². The summed E-state index contributed by atoms with van der Waals surface area (Å²) in [5.74, 6) is 1.42. The van der Waals surface area contributed by atoms with Gasteiger partial charge in [0.1, 0.15) is 6.33 Å². The van der Waals surface area contributed by atoms with Crippen molar-refractivity contribution in [2.45, 2.75) is 45.4 Å². The molecule has 1 fully saturated rings. The van der Waals surface area contributed by atoms with Crippen LogP contribution in [0.2, 0.25) is 5.15 Å². The van der Waals surface area contributed by atoms with E-state index >= 15 is 0 Å². The molecule has 0 aliphatic carbocycles. The van der Waals surface area contributed by atoms with E-state index in [9.17, 15) is 0 Å². The van der Waals surface area contributed by atoms with Gasteiger partial charge in [-0.05, 0) is 49.5 Å². The first kappa shape index (κ1) is 19.0. The molecule has 1 atom stereocenters. The topological polar surface area (TPSA) is 38.2 Å². The number of benzene rings is 1. The third-order valence-electron chi connectivity index (χ3n) is 5.67. The van der Waals surface area contributed by atoms with Crippen LogP contribution in [0.1, 0.15) is 44.6 Å². The third kappa shape index (κ3) is 4.29. The zero-order valence-electron chi connectivity index (χ0n) is 15.7. The number of halogens is 1. The van der Waals surface area contributed by atoms with Gasteiger partial charge >= 0.3 is 0 Å². The van der Waals surface area contributed by atoms with Crippen LogP contribution in [0, 0.1) is 5.41 Å². The van der Waals surface area contributed by atoms with Crippen LogP contribution in [-0.2, 0) is 6.42 Å². The van der Waals surface area contributed by atoms with E-state index < -0.39 is 0 Å². The number of methoxy groups -OCH3 is 1. The van der Waals surface area contributed by atoms with Crippen LogP contribution >= 0.6 is 11.6 Å². The van der Waals surface area contributed by atoms with Gasteiger partial charge in [0.05, 0.1) is 7.11 Å². The van der Waals surface area contributed by atoms with E-state index in [1.54, 1.807) is 7.11 Å². The highest BCUT2D eigenvalue weighted by molar-refractivity contribution is 6.31. The first-order valence-corrected chi connectivity index (χ1v) is 9.88. The minimum Gasteiger partial charge on any atom is -0.490 e. The van der Waals surface area contributed by atoms with Gasteiger partial charge < -0.3 is 9.64 Å². The van der Waals surface area contributed by atoms with Crippen molar-refractivity contribution in [2.24, 2.45) is 5.41 Å². The second-order valence-electron chi connectivity index (χ2n) is 7.24. The van der Waals surface area contributed by atoms with Crippen LogP contribution in [0.5, 0.6) is 5.75 Å². The lowest BCUT2D eigenvalue weighted by atomic mass is 9.73. The predicted octanol–water partition coefficient (Wildman–Crippen LogP) is 5.16. The van der Waals surface area contributed by atoms with Gasteiger partial charge in [-0.1, -0.05) is 48.9 Å². The van der Waals surface area contributed by atoms with Crippen LogP contribution < -0.4 is 9.64 Å². The zero-order chi connectivity index (χ0) is 18.4. The standard InChI is InChI=1S/C21H28ClN3O/c1-3-21(12-7-11-17-9-5-4-6-10-17)13-8-14-25(15-21)20-18(26-2)19(22)23-16-24-20/h4-6,9-10,16H,3,7-8,11-15H2,1-2H3. The maximum atomic E-state index is 6.20. The maximum absolute atomic E-state index is 6.20. The van der Waals surface area contributed by atoms with Gasteiger partial charge in [-0.3, -0.25) is 0 Å². The average molecular weight is 374 g/mol. The van der Waals surface area contributed by atoms with Crippen LogP contribution in [0.25, 0.3) is 0 Å². The van der Waals surface area contributed by atoms with Crippen molar-refractivity contribution in [3.8, 4) is 5.75 Å². The predicted molar refractivity (Wildman–Crippen MR) is 107 cm³/mol. The van der Waals surface area contributed by atoms with Crippen molar-refractivity contribution in [3.63, 3.8) is 0 Å². The van der Waals surface area contributed by atoms with E-state index in [1.807, 2.05) is 0 Å². The van der Waals surface area contributed by atoms with Gasteiger partial charge in [0, 0.05) is 13.1 Å². The van der Waals surface area contributed by atoms with E-state index in [0.717, 1.165) is 25.3 Å². The molecule has 3 rings (SSSR count). The van der Waals surface area contributed by atoms with Gasteiger partial charge in [0.2, 0.25) is 0 Å². The molecule has 0 radical (unpaired) electrons. The molecular formula is C21H28ClN3O. The number of hydrogen-bond acceptors (Lipinski definition) is 4. The second-order valence-corrected chi connectivity index (χ2v) is 7.60. The van der Waals surface area contributed by atoms with Crippen molar-refractivity contribution in [1.29, 1.82) is 0 Å². The second kappa shape index (κ2) is 8.72. The summed E-state index contributed by atoms with van der Waals surface area (Å²) in [5, 5.41) is 0.384. The van der Waals surface area contributed by atoms with Crippen LogP contribution in [0.4, 0.5) is 5.82 Å². The summed E-state index contributed by atoms with van der Waals surface area (Å²) in [4.78, 5) is 10.9. The molecule has 140 valence electrons. The summed E-state index contributed by atoms with van der Waals surface area (Å²) in [6.07, 6.45) is 8.74. The van der Waals surface area contributed by atoms with Crippen molar-refractivity contribution in [1.82, 2.24) is 9.97 Å². The highest BCUT2D eigenvalue weighted by Crippen LogP contribution is 2.42. The number of aromatic nitrogens is 2. The Labute approximate surface area is 161 Å². The summed E-state index contributed by atoms with van der Waals surface area (Å²) < 4.78 is 5.47. The Kier molecular flexibility index (Phi) is 6.36. The number of aryl methyl sites for hydroxylation is 1. The normalized spacial score (nSPS) is 20.2. The molecule has 0 amide bonds. The molecular weight excluding hydrogens is 346 g/mol. The van der Waals surface area contributed by atoms with E-state index in [-0.39, 0.29) is 0 Å². The number of hydrogen-bond donors (Lipinski definition) is 0. The van der Waals surface area contributed by atoms with Gasteiger partial charge in [-0.25, -0.2) is 9.97 Å². The first-order chi connectivity index (χ1) is 12.7. The van der Waals surface area contributed by atoms with Crippen LogP contribution in [0.15, 0.2) is 36.7 Å². The van der Waals surface area contributed by atoms with Crippen molar-refractivity contribution < 1.29 is 4.74 Å². The SMILES string of the molecule is CCC1(CCCc2ccccc2)CCCN(c2ncnc(Cl)c2OC)C1. The van der Waals surface area contributed by atoms with E-state index in [2.05, 4.69) is 52.1 Å². The van der Waals surface area contributed by atoms with Crippen LogP contribution in [0.3, 0.4) is 0 Å². The van der Waals surface area contributed by atoms with Gasteiger partial charge in [0.15, 0.2) is 16.7 Å². The quantitative estimate of drug-likeness (QED) is 0.628. The molecule has 1 aliphatic rings. The lowest BCUT2D eigenvalue weighted by Gasteiger charge is -2.43. The van der Waals surface area contributed by atoms with E-state index in [4.69, 9.17) is 16.3 Å². The molecule has 5 heteroatoms. The van der Waals surface area contributed by atoms with E-state index in [0.29, 0.717) is 16.3 Å². The Hall–Kier alpha value is -1.81. The highest BCUT2D eigenvalue weighted by Gasteiger charge is 2.35. The van der Waals surface area contributed by atoms with Crippen LogP contribution in [-0.4, -0.2) is 30.2 Å². The minimum absolute atomic E-state index is 0.329. The fourth-order valence-corrected chi connectivity index (χ4v) is 4.32. The lowest BCUT2D eigenvalue weighted by Crippen LogP contribution is -2.43. The molecule has 2 aromatic rings. The fraction of sp³-hybridized carbons (Fsp3) is 0.524. The first-order valence-electron chi connectivity index (χ1n) is 9.51. The molecule has 4 nitrogen and oxygen atoms in total. The largest absolute Gasteiger partial charge is 0.490 e. The molecule has 1 aromatic heterocycles. The number of rotatable bonds is 7. The average Bonchev–Trinajstić information content (AvgIpc) is 2.69. The molecule has 0 saturated carbocycles. The van der Waals surface area contributed by atoms with Crippen molar-refractivity contribution in [2.75, 3.05) is 25.1 Å². The van der Waals surface area contributed by atoms with Gasteiger partial charge in [0.25, 0.3) is 0 Å². The smallest absolute Gasteiger partial charge is 0.199 e. The maximum Gasteiger partial charge on any atom is 0.199 e. The summed E-state index contributed by atoms with van der Waals surface area (Å²) in [5.41, 5.74) is 1.76. The summed E-state index contributed by atoms with van der Waals surface area (Å²) in [7, 11) is 1.63. The fourth-order valence-electron chi connectivity index (χ4n) is 4.11. The molecule has 1 saturated heterocycles. The Morgan fingerprint density at radius 2 is 2.04 bits per heavy atom. The molecule has 1 aromatic carbocycles. The molecule has 26 heavy (non-hydrogen) atoms.